The third-order valence-corrected chi connectivity index (χ3v) is 7.90. The Kier molecular flexibility index (Phi) is 10.1. The van der Waals surface area contributed by atoms with Crippen molar-refractivity contribution < 1.29 is 18.0 Å². The highest BCUT2D eigenvalue weighted by Crippen LogP contribution is 2.25. The summed E-state index contributed by atoms with van der Waals surface area (Å²) in [6.07, 6.45) is 1.14. The number of hydrogen-bond donors (Lipinski definition) is 1. The lowest BCUT2D eigenvalue weighted by Crippen LogP contribution is -2.52. The summed E-state index contributed by atoms with van der Waals surface area (Å²) in [4.78, 5) is 28.4. The minimum atomic E-state index is -4.11. The van der Waals surface area contributed by atoms with Crippen LogP contribution in [-0.4, -0.2) is 44.3 Å². The van der Waals surface area contributed by atoms with E-state index in [0.29, 0.717) is 23.7 Å². The van der Waals surface area contributed by atoms with Gasteiger partial charge in [0, 0.05) is 18.1 Å². The van der Waals surface area contributed by atoms with Gasteiger partial charge in [-0.05, 0) is 54.8 Å². The number of rotatable bonds is 12. The molecule has 0 bridgehead atoms. The second kappa shape index (κ2) is 13.3. The van der Waals surface area contributed by atoms with E-state index in [1.807, 2.05) is 44.2 Å². The predicted molar refractivity (Wildman–Crippen MR) is 147 cm³/mol. The Hall–Kier alpha value is -3.36. The van der Waals surface area contributed by atoms with E-state index in [-0.39, 0.29) is 17.3 Å². The minimum Gasteiger partial charge on any atom is -0.354 e. The molecular formula is C28H32ClN3O4S. The summed E-state index contributed by atoms with van der Waals surface area (Å²) in [6.45, 7) is 3.97. The Morgan fingerprint density at radius 2 is 1.49 bits per heavy atom. The highest BCUT2D eigenvalue weighted by atomic mass is 35.5. The lowest BCUT2D eigenvalue weighted by atomic mass is 10.1. The Labute approximate surface area is 224 Å². The van der Waals surface area contributed by atoms with Gasteiger partial charge in [0.1, 0.15) is 12.6 Å². The Balaban J connectivity index is 2.01. The lowest BCUT2D eigenvalue weighted by Gasteiger charge is -2.33. The number of sulfonamides is 1. The van der Waals surface area contributed by atoms with Crippen LogP contribution in [0.3, 0.4) is 0 Å². The number of benzene rings is 3. The van der Waals surface area contributed by atoms with Gasteiger partial charge in [-0.3, -0.25) is 13.9 Å². The van der Waals surface area contributed by atoms with Crippen LogP contribution in [0, 0.1) is 0 Å². The Bertz CT molecular complexity index is 1270. The molecule has 0 heterocycles. The summed E-state index contributed by atoms with van der Waals surface area (Å²) in [5, 5.41) is 3.28. The maximum Gasteiger partial charge on any atom is 0.264 e. The van der Waals surface area contributed by atoms with Crippen LogP contribution in [0.15, 0.2) is 89.8 Å². The van der Waals surface area contributed by atoms with E-state index in [0.717, 1.165) is 16.3 Å². The minimum absolute atomic E-state index is 0.0101. The summed E-state index contributed by atoms with van der Waals surface area (Å²) >= 11 is 5.97. The third kappa shape index (κ3) is 7.33. The van der Waals surface area contributed by atoms with Gasteiger partial charge in [-0.1, -0.05) is 74.0 Å². The first-order valence-corrected chi connectivity index (χ1v) is 14.0. The molecular weight excluding hydrogens is 510 g/mol. The highest BCUT2D eigenvalue weighted by molar-refractivity contribution is 7.92. The third-order valence-electron chi connectivity index (χ3n) is 5.86. The number of carbonyl (C=O) groups is 2. The standard InChI is InChI=1S/C28H32ClN3O4S/c1-3-19-30-28(34)26(4-2)31(20-22-11-7-5-8-12-22)27(33)21-32(24-13-9-6-10-14-24)37(35,36)25-17-15-23(29)16-18-25/h5-18,26H,3-4,19-21H2,1-2H3,(H,30,34). The number of amides is 2. The smallest absolute Gasteiger partial charge is 0.264 e. The average molecular weight is 542 g/mol. The van der Waals surface area contributed by atoms with E-state index in [9.17, 15) is 18.0 Å². The first kappa shape index (κ1) is 28.2. The molecule has 0 spiro atoms. The summed E-state index contributed by atoms with van der Waals surface area (Å²) in [5.74, 6) is -0.746. The molecule has 1 unspecified atom stereocenters. The summed E-state index contributed by atoms with van der Waals surface area (Å²) < 4.78 is 28.5. The molecule has 1 N–H and O–H groups in total. The number of para-hydroxylation sites is 1. The van der Waals surface area contributed by atoms with E-state index in [1.165, 1.54) is 29.2 Å². The van der Waals surface area contributed by atoms with Gasteiger partial charge in [0.05, 0.1) is 10.6 Å². The molecule has 9 heteroatoms. The normalized spacial score (nSPS) is 12.0. The quantitative estimate of drug-likeness (QED) is 0.354. The van der Waals surface area contributed by atoms with Crippen LogP contribution in [0.4, 0.5) is 5.69 Å². The van der Waals surface area contributed by atoms with Crippen LogP contribution >= 0.6 is 11.6 Å². The molecule has 0 aliphatic rings. The van der Waals surface area contributed by atoms with Crippen molar-refractivity contribution in [2.24, 2.45) is 0 Å². The van der Waals surface area contributed by atoms with Gasteiger partial charge in [-0.25, -0.2) is 8.42 Å². The van der Waals surface area contributed by atoms with E-state index < -0.39 is 28.5 Å². The van der Waals surface area contributed by atoms with Crippen LogP contribution in [0.2, 0.25) is 5.02 Å². The molecule has 0 saturated heterocycles. The van der Waals surface area contributed by atoms with Crippen molar-refractivity contribution in [2.45, 2.75) is 44.2 Å². The molecule has 3 aromatic carbocycles. The predicted octanol–water partition coefficient (Wildman–Crippen LogP) is 4.87. The fourth-order valence-corrected chi connectivity index (χ4v) is 5.46. The number of carbonyl (C=O) groups excluding carboxylic acids is 2. The zero-order valence-corrected chi connectivity index (χ0v) is 22.6. The first-order valence-electron chi connectivity index (χ1n) is 12.2. The first-order chi connectivity index (χ1) is 17.8. The van der Waals surface area contributed by atoms with Crippen LogP contribution in [0.1, 0.15) is 32.3 Å². The molecule has 0 fully saturated rings. The van der Waals surface area contributed by atoms with E-state index in [2.05, 4.69) is 5.32 Å². The van der Waals surface area contributed by atoms with Crippen molar-refractivity contribution in [3.05, 3.63) is 95.5 Å². The SMILES string of the molecule is CCCNC(=O)C(CC)N(Cc1ccccc1)C(=O)CN(c1ccccc1)S(=O)(=O)c1ccc(Cl)cc1. The van der Waals surface area contributed by atoms with Gasteiger partial charge in [0.15, 0.2) is 0 Å². The van der Waals surface area contributed by atoms with Gasteiger partial charge in [-0.15, -0.1) is 0 Å². The van der Waals surface area contributed by atoms with Gasteiger partial charge in [0.25, 0.3) is 10.0 Å². The topological polar surface area (TPSA) is 86.8 Å². The zero-order chi connectivity index (χ0) is 26.8. The van der Waals surface area contributed by atoms with Crippen LogP contribution in [-0.2, 0) is 26.2 Å². The van der Waals surface area contributed by atoms with Crippen molar-refractivity contribution in [3.8, 4) is 0 Å². The lowest BCUT2D eigenvalue weighted by molar-refractivity contribution is -0.140. The zero-order valence-electron chi connectivity index (χ0n) is 21.0. The molecule has 0 aromatic heterocycles. The number of nitrogens with one attached hydrogen (secondary N) is 1. The number of anilines is 1. The Morgan fingerprint density at radius 1 is 0.892 bits per heavy atom. The fraction of sp³-hybridized carbons (Fsp3) is 0.286. The monoisotopic (exact) mass is 541 g/mol. The van der Waals surface area contributed by atoms with Crippen molar-refractivity contribution in [2.75, 3.05) is 17.4 Å². The maximum atomic E-state index is 13.9. The van der Waals surface area contributed by atoms with Crippen molar-refractivity contribution >= 4 is 39.1 Å². The number of nitrogens with zero attached hydrogens (tertiary/aromatic N) is 2. The van der Waals surface area contributed by atoms with Gasteiger partial charge >= 0.3 is 0 Å². The molecule has 3 rings (SSSR count). The molecule has 1 atom stereocenters. The van der Waals surface area contributed by atoms with E-state index in [1.54, 1.807) is 30.3 Å². The molecule has 2 amide bonds. The molecule has 0 saturated carbocycles. The average Bonchev–Trinajstić information content (AvgIpc) is 2.91. The molecule has 3 aromatic rings. The summed E-state index contributed by atoms with van der Waals surface area (Å²) in [5.41, 5.74) is 1.18. The highest BCUT2D eigenvalue weighted by Gasteiger charge is 2.33. The van der Waals surface area contributed by atoms with Crippen molar-refractivity contribution in [1.29, 1.82) is 0 Å². The number of halogens is 1. The van der Waals surface area contributed by atoms with Gasteiger partial charge in [0.2, 0.25) is 11.8 Å². The fourth-order valence-electron chi connectivity index (χ4n) is 3.92. The number of hydrogen-bond acceptors (Lipinski definition) is 4. The molecule has 0 radical (unpaired) electrons. The molecule has 0 aliphatic carbocycles. The van der Waals surface area contributed by atoms with Crippen LogP contribution < -0.4 is 9.62 Å². The maximum absolute atomic E-state index is 13.9. The molecule has 7 nitrogen and oxygen atoms in total. The second-order valence-electron chi connectivity index (χ2n) is 8.52. The molecule has 0 aliphatic heterocycles. The van der Waals surface area contributed by atoms with Crippen LogP contribution in [0.25, 0.3) is 0 Å². The van der Waals surface area contributed by atoms with Gasteiger partial charge in [-0.2, -0.15) is 0 Å². The Morgan fingerprint density at radius 3 is 2.05 bits per heavy atom. The van der Waals surface area contributed by atoms with Crippen LogP contribution in [0.5, 0.6) is 0 Å². The van der Waals surface area contributed by atoms with Crippen molar-refractivity contribution in [3.63, 3.8) is 0 Å². The largest absolute Gasteiger partial charge is 0.354 e. The molecule has 196 valence electrons. The van der Waals surface area contributed by atoms with Crippen molar-refractivity contribution in [1.82, 2.24) is 10.2 Å². The molecule has 37 heavy (non-hydrogen) atoms. The second-order valence-corrected chi connectivity index (χ2v) is 10.8. The summed E-state index contributed by atoms with van der Waals surface area (Å²) in [7, 11) is -4.11. The van der Waals surface area contributed by atoms with E-state index >= 15 is 0 Å². The van der Waals surface area contributed by atoms with E-state index in [4.69, 9.17) is 11.6 Å². The van der Waals surface area contributed by atoms with Gasteiger partial charge < -0.3 is 10.2 Å². The summed E-state index contributed by atoms with van der Waals surface area (Å²) in [6, 6.07) is 22.8.